The summed E-state index contributed by atoms with van der Waals surface area (Å²) in [6, 6.07) is 12.2. The number of nitrogens with two attached hydrogens (primary N) is 1. The molecule has 9 heteroatoms. The number of likely N-dealkylation sites (N-methyl/N-ethyl adjacent to an activating group) is 1. The van der Waals surface area contributed by atoms with Gasteiger partial charge in [-0.2, -0.15) is 4.39 Å². The van der Waals surface area contributed by atoms with E-state index in [9.17, 15) is 18.0 Å². The molecule has 2 N–H and O–H groups in total. The second kappa shape index (κ2) is 7.25. The highest BCUT2D eigenvalue weighted by molar-refractivity contribution is 6.09. The molecule has 152 valence electrons. The third-order valence-electron chi connectivity index (χ3n) is 5.01. The van der Waals surface area contributed by atoms with Gasteiger partial charge in [-0.05, 0) is 47.0 Å². The van der Waals surface area contributed by atoms with Crippen LogP contribution in [0.2, 0.25) is 0 Å². The van der Waals surface area contributed by atoms with Crippen molar-refractivity contribution < 1.29 is 18.0 Å². The van der Waals surface area contributed by atoms with Crippen molar-refractivity contribution >= 4 is 11.9 Å². The molecule has 1 atom stereocenters. The normalized spacial score (nSPS) is 18.8. The van der Waals surface area contributed by atoms with Crippen LogP contribution in [-0.4, -0.2) is 33.8 Å². The molecule has 0 spiro atoms. The van der Waals surface area contributed by atoms with Crippen LogP contribution in [0.1, 0.15) is 23.2 Å². The molecule has 0 bridgehead atoms. The topological polar surface area (TPSA) is 84.5 Å². The molecule has 0 aliphatic carbocycles. The maximum Gasteiger partial charge on any atom is 0.280 e. The molecule has 3 aromatic rings. The van der Waals surface area contributed by atoms with E-state index in [-0.39, 0.29) is 17.1 Å². The van der Waals surface area contributed by atoms with Crippen LogP contribution in [0, 0.1) is 5.95 Å². The van der Waals surface area contributed by atoms with E-state index in [4.69, 9.17) is 5.73 Å². The van der Waals surface area contributed by atoms with Crippen LogP contribution in [0.4, 0.5) is 13.2 Å². The van der Waals surface area contributed by atoms with Crippen molar-refractivity contribution in [2.24, 2.45) is 10.7 Å². The van der Waals surface area contributed by atoms with Crippen LogP contribution in [0.5, 0.6) is 0 Å². The summed E-state index contributed by atoms with van der Waals surface area (Å²) in [5, 5.41) is 0. The maximum atomic E-state index is 14.2. The zero-order valence-corrected chi connectivity index (χ0v) is 15.8. The van der Waals surface area contributed by atoms with Crippen LogP contribution >= 0.6 is 0 Å². The van der Waals surface area contributed by atoms with Crippen molar-refractivity contribution in [2.75, 3.05) is 7.05 Å². The zero-order chi connectivity index (χ0) is 21.5. The average Bonchev–Trinajstić information content (AvgIpc) is 2.99. The Labute approximate surface area is 169 Å². The van der Waals surface area contributed by atoms with E-state index in [0.29, 0.717) is 11.1 Å². The third kappa shape index (κ3) is 2.99. The summed E-state index contributed by atoms with van der Waals surface area (Å²) < 4.78 is 40.8. The number of benzene rings is 1. The highest BCUT2D eigenvalue weighted by Gasteiger charge is 2.49. The van der Waals surface area contributed by atoms with Gasteiger partial charge in [0.1, 0.15) is 5.69 Å². The first-order chi connectivity index (χ1) is 14.3. The van der Waals surface area contributed by atoms with Crippen LogP contribution in [0.3, 0.4) is 0 Å². The van der Waals surface area contributed by atoms with E-state index in [1.54, 1.807) is 36.4 Å². The van der Waals surface area contributed by atoms with Gasteiger partial charge >= 0.3 is 0 Å². The molecular formula is C21H16F3N5O. The molecule has 1 aliphatic heterocycles. The first kappa shape index (κ1) is 19.6. The second-order valence-electron chi connectivity index (χ2n) is 6.74. The summed E-state index contributed by atoms with van der Waals surface area (Å²) in [4.78, 5) is 26.1. The van der Waals surface area contributed by atoms with Gasteiger partial charge in [0.05, 0.1) is 0 Å². The van der Waals surface area contributed by atoms with Crippen LogP contribution in [0.25, 0.3) is 11.1 Å². The Morgan fingerprint density at radius 1 is 1.03 bits per heavy atom. The summed E-state index contributed by atoms with van der Waals surface area (Å²) in [5.74, 6) is -1.26. The van der Waals surface area contributed by atoms with E-state index in [0.717, 1.165) is 11.0 Å². The number of guanidine groups is 1. The zero-order valence-electron chi connectivity index (χ0n) is 15.8. The average molecular weight is 411 g/mol. The lowest BCUT2D eigenvalue weighted by Crippen LogP contribution is -2.41. The van der Waals surface area contributed by atoms with Gasteiger partial charge in [-0.1, -0.05) is 18.2 Å². The molecular weight excluding hydrogens is 395 g/mol. The van der Waals surface area contributed by atoms with Gasteiger partial charge in [-0.25, -0.2) is 18.8 Å². The fraction of sp³-hybridized carbons (Fsp3) is 0.143. The first-order valence-electron chi connectivity index (χ1n) is 8.94. The van der Waals surface area contributed by atoms with Crippen LogP contribution in [0.15, 0.2) is 65.9 Å². The first-order valence-corrected chi connectivity index (χ1v) is 8.94. The highest BCUT2D eigenvalue weighted by Crippen LogP contribution is 2.41. The third-order valence-corrected chi connectivity index (χ3v) is 5.01. The number of rotatable bonds is 4. The Balaban J connectivity index is 1.96. The Hall–Kier alpha value is -3.75. The molecule has 1 amide bonds. The monoisotopic (exact) mass is 411 g/mol. The van der Waals surface area contributed by atoms with Gasteiger partial charge in [-0.15, -0.1) is 0 Å². The van der Waals surface area contributed by atoms with Crippen molar-refractivity contribution in [1.29, 1.82) is 0 Å². The largest absolute Gasteiger partial charge is 0.369 e. The summed E-state index contributed by atoms with van der Waals surface area (Å²) in [7, 11) is 1.45. The quantitative estimate of drug-likeness (QED) is 0.668. The van der Waals surface area contributed by atoms with Gasteiger partial charge in [0, 0.05) is 25.0 Å². The molecule has 30 heavy (non-hydrogen) atoms. The van der Waals surface area contributed by atoms with Crippen molar-refractivity contribution in [3.8, 4) is 11.1 Å². The van der Waals surface area contributed by atoms with Crippen LogP contribution in [-0.2, 0) is 10.3 Å². The SMILES string of the molecule is CN1C(=O)C(c2cccc(-c3cccnc3F)c2)(c2ccnc(C(F)F)c2)N=C1N. The predicted molar refractivity (Wildman–Crippen MR) is 104 cm³/mol. The fourth-order valence-corrected chi connectivity index (χ4v) is 3.49. The van der Waals surface area contributed by atoms with E-state index in [1.165, 1.54) is 25.5 Å². The number of aromatic nitrogens is 2. The van der Waals surface area contributed by atoms with E-state index < -0.39 is 29.5 Å². The fourth-order valence-electron chi connectivity index (χ4n) is 3.49. The number of nitrogens with zero attached hydrogens (tertiary/aromatic N) is 4. The number of pyridine rings is 2. The summed E-state index contributed by atoms with van der Waals surface area (Å²) in [6.07, 6.45) is -0.304. The van der Waals surface area contributed by atoms with Gasteiger partial charge in [0.15, 0.2) is 11.5 Å². The molecule has 1 unspecified atom stereocenters. The van der Waals surface area contributed by atoms with Crippen LogP contribution < -0.4 is 5.73 Å². The molecule has 4 rings (SSSR count). The number of carbonyl (C=O) groups excluding carboxylic acids is 1. The smallest absolute Gasteiger partial charge is 0.280 e. The minimum Gasteiger partial charge on any atom is -0.369 e. The standard InChI is InChI=1S/C21H16F3N5O/c1-29-19(30)21(28-20(29)25,14-7-9-26-16(11-14)17(22)23)13-5-2-4-12(10-13)15-6-3-8-27-18(15)24/h2-11,17H,1H3,(H2,25,28). The molecule has 0 saturated carbocycles. The van der Waals surface area contributed by atoms with Gasteiger partial charge in [0.2, 0.25) is 5.95 Å². The number of alkyl halides is 2. The number of aliphatic imine (C=N–C) groups is 1. The lowest BCUT2D eigenvalue weighted by Gasteiger charge is -2.26. The number of hydrogen-bond acceptors (Lipinski definition) is 5. The van der Waals surface area contributed by atoms with Crippen molar-refractivity contribution in [2.45, 2.75) is 12.0 Å². The molecule has 1 aromatic carbocycles. The minimum absolute atomic E-state index is 0.0617. The molecule has 2 aromatic heterocycles. The number of amides is 1. The lowest BCUT2D eigenvalue weighted by atomic mass is 9.82. The highest BCUT2D eigenvalue weighted by atomic mass is 19.3. The van der Waals surface area contributed by atoms with Gasteiger partial charge < -0.3 is 5.73 Å². The van der Waals surface area contributed by atoms with Crippen molar-refractivity contribution in [1.82, 2.24) is 14.9 Å². The number of hydrogen-bond donors (Lipinski definition) is 1. The number of carbonyl (C=O) groups is 1. The Morgan fingerprint density at radius 2 is 1.80 bits per heavy atom. The molecule has 0 fully saturated rings. The molecule has 0 saturated heterocycles. The van der Waals surface area contributed by atoms with Crippen molar-refractivity contribution in [3.05, 3.63) is 83.7 Å². The van der Waals surface area contributed by atoms with E-state index >= 15 is 0 Å². The summed E-state index contributed by atoms with van der Waals surface area (Å²) in [5.41, 5.74) is 4.96. The Morgan fingerprint density at radius 3 is 2.47 bits per heavy atom. The van der Waals surface area contributed by atoms with Gasteiger partial charge in [0.25, 0.3) is 12.3 Å². The second-order valence-corrected chi connectivity index (χ2v) is 6.74. The van der Waals surface area contributed by atoms with Gasteiger partial charge in [-0.3, -0.25) is 14.7 Å². The molecule has 1 aliphatic rings. The summed E-state index contributed by atoms with van der Waals surface area (Å²) in [6.45, 7) is 0. The van der Waals surface area contributed by atoms with E-state index in [2.05, 4.69) is 15.0 Å². The minimum atomic E-state index is -2.83. The molecule has 3 heterocycles. The molecule has 0 radical (unpaired) electrons. The molecule has 6 nitrogen and oxygen atoms in total. The van der Waals surface area contributed by atoms with E-state index in [1.807, 2.05) is 0 Å². The lowest BCUT2D eigenvalue weighted by molar-refractivity contribution is -0.129. The number of halogens is 3. The van der Waals surface area contributed by atoms with Crippen molar-refractivity contribution in [3.63, 3.8) is 0 Å². The Bertz CT molecular complexity index is 1170. The predicted octanol–water partition coefficient (Wildman–Crippen LogP) is 3.25. The maximum absolute atomic E-state index is 14.2. The Kier molecular flexibility index (Phi) is 4.73. The summed E-state index contributed by atoms with van der Waals surface area (Å²) >= 11 is 0.